The summed E-state index contributed by atoms with van der Waals surface area (Å²) in [4.78, 5) is 37.5. The number of anilines is 4. The second kappa shape index (κ2) is 11.1. The molecule has 6 rings (SSSR count). The molecular formula is C28H31N9O2. The van der Waals surface area contributed by atoms with Gasteiger partial charge in [-0.25, -0.2) is 19.9 Å². The number of rotatable bonds is 7. The van der Waals surface area contributed by atoms with E-state index in [4.69, 9.17) is 4.74 Å². The number of amides is 1. The first-order chi connectivity index (χ1) is 19.2. The molecule has 0 aliphatic carbocycles. The van der Waals surface area contributed by atoms with Gasteiger partial charge in [0.15, 0.2) is 0 Å². The van der Waals surface area contributed by atoms with E-state index in [9.17, 15) is 4.79 Å². The molecule has 3 aromatic heterocycles. The second-order valence-corrected chi connectivity index (χ2v) is 9.71. The SMILES string of the molecule is C=CC(=O)N[C@H]1CCCN(c2ncc(Nc3ccc(-c4cc5c(N6CCOCC6)ncnc5[nH]4)cc3)cn2)C1. The number of H-pyrrole nitrogens is 1. The Morgan fingerprint density at radius 1 is 1.03 bits per heavy atom. The lowest BCUT2D eigenvalue weighted by atomic mass is 10.1. The number of nitrogens with one attached hydrogen (secondary N) is 3. The summed E-state index contributed by atoms with van der Waals surface area (Å²) in [7, 11) is 0. The molecular weight excluding hydrogens is 494 g/mol. The van der Waals surface area contributed by atoms with Crippen LogP contribution in [0.2, 0.25) is 0 Å². The maximum atomic E-state index is 11.7. The van der Waals surface area contributed by atoms with Crippen molar-refractivity contribution in [3.05, 3.63) is 61.7 Å². The highest BCUT2D eigenvalue weighted by Gasteiger charge is 2.22. The monoisotopic (exact) mass is 525 g/mol. The van der Waals surface area contributed by atoms with Crippen LogP contribution in [0.15, 0.2) is 61.7 Å². The van der Waals surface area contributed by atoms with Crippen molar-refractivity contribution in [2.45, 2.75) is 18.9 Å². The highest BCUT2D eigenvalue weighted by Crippen LogP contribution is 2.30. The van der Waals surface area contributed by atoms with Crippen molar-refractivity contribution in [1.82, 2.24) is 30.2 Å². The van der Waals surface area contributed by atoms with Crippen molar-refractivity contribution in [3.63, 3.8) is 0 Å². The zero-order chi connectivity index (χ0) is 26.6. The summed E-state index contributed by atoms with van der Waals surface area (Å²) >= 11 is 0. The molecule has 2 aliphatic heterocycles. The van der Waals surface area contributed by atoms with Gasteiger partial charge in [0, 0.05) is 43.6 Å². The van der Waals surface area contributed by atoms with Crippen LogP contribution in [0.5, 0.6) is 0 Å². The highest BCUT2D eigenvalue weighted by molar-refractivity contribution is 5.92. The molecule has 0 saturated carbocycles. The van der Waals surface area contributed by atoms with E-state index in [1.54, 1.807) is 18.7 Å². The molecule has 1 aromatic carbocycles. The Hall–Kier alpha value is -4.51. The summed E-state index contributed by atoms with van der Waals surface area (Å²) in [6.45, 7) is 8.13. The van der Waals surface area contributed by atoms with Crippen molar-refractivity contribution in [2.75, 3.05) is 54.5 Å². The van der Waals surface area contributed by atoms with Crippen LogP contribution in [-0.2, 0) is 9.53 Å². The maximum Gasteiger partial charge on any atom is 0.243 e. The maximum absolute atomic E-state index is 11.7. The lowest BCUT2D eigenvalue weighted by molar-refractivity contribution is -0.117. The van der Waals surface area contributed by atoms with E-state index in [1.165, 1.54) is 6.08 Å². The molecule has 11 heteroatoms. The lowest BCUT2D eigenvalue weighted by Crippen LogP contribution is -2.47. The Morgan fingerprint density at radius 3 is 2.59 bits per heavy atom. The van der Waals surface area contributed by atoms with Gasteiger partial charge in [0.2, 0.25) is 11.9 Å². The molecule has 1 atom stereocenters. The Balaban J connectivity index is 1.11. The Morgan fingerprint density at radius 2 is 1.82 bits per heavy atom. The van der Waals surface area contributed by atoms with Crippen LogP contribution in [-0.4, -0.2) is 76.3 Å². The summed E-state index contributed by atoms with van der Waals surface area (Å²) < 4.78 is 5.49. The zero-order valence-corrected chi connectivity index (χ0v) is 21.6. The molecule has 2 aliphatic rings. The minimum Gasteiger partial charge on any atom is -0.378 e. The highest BCUT2D eigenvalue weighted by atomic mass is 16.5. The van der Waals surface area contributed by atoms with E-state index < -0.39 is 0 Å². The number of benzene rings is 1. The fourth-order valence-electron chi connectivity index (χ4n) is 5.10. The molecule has 2 saturated heterocycles. The van der Waals surface area contributed by atoms with Crippen LogP contribution in [0.4, 0.5) is 23.1 Å². The van der Waals surface area contributed by atoms with Crippen LogP contribution in [0, 0.1) is 0 Å². The van der Waals surface area contributed by atoms with Crippen molar-refractivity contribution < 1.29 is 9.53 Å². The predicted octanol–water partition coefficient (Wildman–Crippen LogP) is 3.27. The first-order valence-corrected chi connectivity index (χ1v) is 13.2. The quantitative estimate of drug-likeness (QED) is 0.312. The van der Waals surface area contributed by atoms with Gasteiger partial charge in [-0.1, -0.05) is 18.7 Å². The molecule has 0 spiro atoms. The molecule has 5 heterocycles. The summed E-state index contributed by atoms with van der Waals surface area (Å²) in [6.07, 6.45) is 8.39. The van der Waals surface area contributed by atoms with E-state index in [0.29, 0.717) is 25.7 Å². The van der Waals surface area contributed by atoms with E-state index in [-0.39, 0.29) is 11.9 Å². The minimum absolute atomic E-state index is 0.0689. The predicted molar refractivity (Wildman–Crippen MR) is 151 cm³/mol. The third-order valence-corrected chi connectivity index (χ3v) is 7.07. The molecule has 11 nitrogen and oxygen atoms in total. The Kier molecular flexibility index (Phi) is 7.05. The normalized spacial score (nSPS) is 17.7. The van der Waals surface area contributed by atoms with Crippen LogP contribution >= 0.6 is 0 Å². The van der Waals surface area contributed by atoms with Gasteiger partial charge in [0.25, 0.3) is 0 Å². The number of morpholine rings is 1. The summed E-state index contributed by atoms with van der Waals surface area (Å²) in [5.41, 5.74) is 4.61. The van der Waals surface area contributed by atoms with E-state index in [0.717, 1.165) is 72.0 Å². The number of piperidine rings is 1. The second-order valence-electron chi connectivity index (χ2n) is 9.71. The van der Waals surface area contributed by atoms with E-state index in [2.05, 4.69) is 70.1 Å². The van der Waals surface area contributed by atoms with Gasteiger partial charge in [0.1, 0.15) is 17.8 Å². The first kappa shape index (κ1) is 24.8. The average Bonchev–Trinajstić information content (AvgIpc) is 3.43. The minimum atomic E-state index is -0.149. The number of hydrogen-bond acceptors (Lipinski definition) is 9. The molecule has 39 heavy (non-hydrogen) atoms. The third-order valence-electron chi connectivity index (χ3n) is 7.07. The number of aromatic amines is 1. The smallest absolute Gasteiger partial charge is 0.243 e. The van der Waals surface area contributed by atoms with Gasteiger partial charge < -0.3 is 30.2 Å². The standard InChI is InChI=1S/C28H31N9O2/c1-2-25(38)34-21-4-3-9-37(17-21)28-29-15-22(16-30-28)33-20-7-5-19(6-8-20)24-14-23-26(35-24)31-18-32-27(23)36-10-12-39-13-11-36/h2,5-8,14-16,18,21,33H,1,3-4,9-13,17H2,(H,34,38)(H,31,32,35)/t21-/m0/s1. The first-order valence-electron chi connectivity index (χ1n) is 13.2. The zero-order valence-electron chi connectivity index (χ0n) is 21.6. The molecule has 0 radical (unpaired) electrons. The fourth-order valence-corrected chi connectivity index (χ4v) is 5.10. The van der Waals surface area contributed by atoms with Crippen molar-refractivity contribution in [2.24, 2.45) is 0 Å². The lowest BCUT2D eigenvalue weighted by Gasteiger charge is -2.32. The molecule has 4 aromatic rings. The van der Waals surface area contributed by atoms with Gasteiger partial charge >= 0.3 is 0 Å². The number of nitrogens with zero attached hydrogens (tertiary/aromatic N) is 6. The number of fused-ring (bicyclic) bond motifs is 1. The molecule has 0 bridgehead atoms. The van der Waals surface area contributed by atoms with Crippen LogP contribution in [0.1, 0.15) is 12.8 Å². The van der Waals surface area contributed by atoms with E-state index in [1.807, 2.05) is 12.1 Å². The summed E-state index contributed by atoms with van der Waals surface area (Å²) in [6, 6.07) is 10.4. The molecule has 2 fully saturated rings. The van der Waals surface area contributed by atoms with Gasteiger partial charge in [-0.15, -0.1) is 0 Å². The van der Waals surface area contributed by atoms with Gasteiger partial charge in [-0.2, -0.15) is 0 Å². The molecule has 0 unspecified atom stereocenters. The van der Waals surface area contributed by atoms with E-state index >= 15 is 0 Å². The van der Waals surface area contributed by atoms with Crippen LogP contribution in [0.25, 0.3) is 22.3 Å². The van der Waals surface area contributed by atoms with Crippen molar-refractivity contribution >= 4 is 40.1 Å². The van der Waals surface area contributed by atoms with Gasteiger partial charge in [-0.05, 0) is 42.7 Å². The largest absolute Gasteiger partial charge is 0.378 e. The number of aromatic nitrogens is 5. The molecule has 3 N–H and O–H groups in total. The third kappa shape index (κ3) is 5.53. The number of carbonyl (C=O) groups is 1. The molecule has 1 amide bonds. The van der Waals surface area contributed by atoms with Gasteiger partial charge in [0.05, 0.1) is 36.7 Å². The fraction of sp³-hybridized carbons (Fsp3) is 0.321. The molecule has 200 valence electrons. The van der Waals surface area contributed by atoms with Gasteiger partial charge in [-0.3, -0.25) is 4.79 Å². The summed E-state index contributed by atoms with van der Waals surface area (Å²) in [5, 5.41) is 7.35. The number of carbonyl (C=O) groups excluding carboxylic acids is 1. The number of ether oxygens (including phenoxy) is 1. The average molecular weight is 526 g/mol. The van der Waals surface area contributed by atoms with Crippen LogP contribution < -0.4 is 20.4 Å². The topological polar surface area (TPSA) is 124 Å². The number of hydrogen-bond donors (Lipinski definition) is 3. The van der Waals surface area contributed by atoms with Crippen molar-refractivity contribution in [1.29, 1.82) is 0 Å². The van der Waals surface area contributed by atoms with Crippen LogP contribution in [0.3, 0.4) is 0 Å². The van der Waals surface area contributed by atoms with Crippen molar-refractivity contribution in [3.8, 4) is 11.3 Å². The Bertz CT molecular complexity index is 1450. The Labute approximate surface area is 226 Å². The summed E-state index contributed by atoms with van der Waals surface area (Å²) in [5.74, 6) is 1.45.